The van der Waals surface area contributed by atoms with Crippen molar-refractivity contribution in [3.05, 3.63) is 0 Å². The van der Waals surface area contributed by atoms with Gasteiger partial charge in [0, 0.05) is 12.1 Å². The molecule has 1 N–H and O–H groups in total. The Morgan fingerprint density at radius 3 is 2.38 bits per heavy atom. The lowest BCUT2D eigenvalue weighted by atomic mass is 9.88. The standard InChI is InChI=1S/C16H28N2O3/c1-9(2)13(17-16(20)21-5)15(19)18-12-7-6-11(8-12)14(18)10(3)4/h9-14H,6-8H2,1-5H3,(H,17,20)/t11-,12+,13-,14-/m0/s1. The van der Waals surface area contributed by atoms with Crippen molar-refractivity contribution in [2.45, 2.75) is 65.1 Å². The van der Waals surface area contributed by atoms with Crippen molar-refractivity contribution in [2.75, 3.05) is 7.11 Å². The van der Waals surface area contributed by atoms with Crippen LogP contribution < -0.4 is 5.32 Å². The van der Waals surface area contributed by atoms with Crippen molar-refractivity contribution in [1.82, 2.24) is 10.2 Å². The van der Waals surface area contributed by atoms with E-state index < -0.39 is 12.1 Å². The molecule has 1 aliphatic heterocycles. The third kappa shape index (κ3) is 3.01. The number of carbonyl (C=O) groups is 2. The number of ether oxygens (including phenoxy) is 1. The summed E-state index contributed by atoms with van der Waals surface area (Å²) >= 11 is 0. The molecule has 0 aromatic heterocycles. The van der Waals surface area contributed by atoms with Gasteiger partial charge in [0.2, 0.25) is 5.91 Å². The molecular formula is C16H28N2O3. The van der Waals surface area contributed by atoms with Crippen molar-refractivity contribution in [2.24, 2.45) is 17.8 Å². The molecule has 2 aliphatic rings. The van der Waals surface area contributed by atoms with Gasteiger partial charge in [-0.15, -0.1) is 0 Å². The SMILES string of the molecule is COC(=O)N[C@H](C(=O)N1[C@@H]2CC[C@@H](C2)[C@@H]1C(C)C)C(C)C. The number of alkyl carbamates (subject to hydrolysis) is 1. The highest BCUT2D eigenvalue weighted by Gasteiger charge is 2.50. The molecule has 0 radical (unpaired) electrons. The maximum Gasteiger partial charge on any atom is 0.407 e. The van der Waals surface area contributed by atoms with Gasteiger partial charge >= 0.3 is 6.09 Å². The molecule has 2 bridgehead atoms. The third-order valence-electron chi connectivity index (χ3n) is 4.97. The second kappa shape index (κ2) is 6.24. The number of nitrogens with one attached hydrogen (secondary N) is 1. The number of carbonyl (C=O) groups excluding carboxylic acids is 2. The molecule has 21 heavy (non-hydrogen) atoms. The second-order valence-corrected chi connectivity index (χ2v) is 7.06. The first kappa shape index (κ1) is 16.1. The topological polar surface area (TPSA) is 58.6 Å². The minimum Gasteiger partial charge on any atom is -0.453 e. The van der Waals surface area contributed by atoms with Gasteiger partial charge in [0.15, 0.2) is 0 Å². The fraction of sp³-hybridized carbons (Fsp3) is 0.875. The van der Waals surface area contributed by atoms with E-state index in [0.717, 1.165) is 12.8 Å². The molecule has 120 valence electrons. The average molecular weight is 296 g/mol. The summed E-state index contributed by atoms with van der Waals surface area (Å²) in [6.07, 6.45) is 2.92. The maximum atomic E-state index is 13.0. The van der Waals surface area contributed by atoms with Gasteiger partial charge in [0.25, 0.3) is 0 Å². The lowest BCUT2D eigenvalue weighted by molar-refractivity contribution is -0.140. The van der Waals surface area contributed by atoms with Crippen molar-refractivity contribution in [1.29, 1.82) is 0 Å². The highest BCUT2D eigenvalue weighted by molar-refractivity contribution is 5.86. The van der Waals surface area contributed by atoms with E-state index in [2.05, 4.69) is 28.8 Å². The largest absolute Gasteiger partial charge is 0.453 e. The molecular weight excluding hydrogens is 268 g/mol. The molecule has 5 heteroatoms. The monoisotopic (exact) mass is 296 g/mol. The highest BCUT2D eigenvalue weighted by Crippen LogP contribution is 2.45. The predicted octanol–water partition coefficient (Wildman–Crippen LogP) is 2.40. The molecule has 2 amide bonds. The Balaban J connectivity index is 2.17. The number of fused-ring (bicyclic) bond motifs is 2. The zero-order valence-corrected chi connectivity index (χ0v) is 13.8. The number of hydrogen-bond donors (Lipinski definition) is 1. The van der Waals surface area contributed by atoms with Gasteiger partial charge in [-0.25, -0.2) is 4.79 Å². The molecule has 0 aromatic rings. The highest BCUT2D eigenvalue weighted by atomic mass is 16.5. The van der Waals surface area contributed by atoms with Crippen LogP contribution >= 0.6 is 0 Å². The summed E-state index contributed by atoms with van der Waals surface area (Å²) in [7, 11) is 1.33. The van der Waals surface area contributed by atoms with E-state index in [1.165, 1.54) is 13.5 Å². The Morgan fingerprint density at radius 1 is 1.19 bits per heavy atom. The molecule has 2 rings (SSSR count). The second-order valence-electron chi connectivity index (χ2n) is 7.06. The van der Waals surface area contributed by atoms with Crippen molar-refractivity contribution < 1.29 is 14.3 Å². The van der Waals surface area contributed by atoms with Crippen LogP contribution in [0.15, 0.2) is 0 Å². The Bertz CT molecular complexity index is 408. The van der Waals surface area contributed by atoms with Crippen LogP contribution in [0.1, 0.15) is 47.0 Å². The number of hydrogen-bond acceptors (Lipinski definition) is 3. The van der Waals surface area contributed by atoms with E-state index in [1.54, 1.807) is 0 Å². The number of amides is 2. The van der Waals surface area contributed by atoms with E-state index in [9.17, 15) is 9.59 Å². The van der Waals surface area contributed by atoms with Crippen LogP contribution in [0.2, 0.25) is 0 Å². The summed E-state index contributed by atoms with van der Waals surface area (Å²) in [5.41, 5.74) is 0. The smallest absolute Gasteiger partial charge is 0.407 e. The van der Waals surface area contributed by atoms with Gasteiger partial charge in [-0.2, -0.15) is 0 Å². The molecule has 0 spiro atoms. The minimum atomic E-state index is -0.535. The molecule has 0 aromatic carbocycles. The van der Waals surface area contributed by atoms with E-state index >= 15 is 0 Å². The van der Waals surface area contributed by atoms with Crippen LogP contribution in [0.4, 0.5) is 4.79 Å². The summed E-state index contributed by atoms with van der Waals surface area (Å²) in [4.78, 5) is 26.6. The van der Waals surface area contributed by atoms with Gasteiger partial charge in [-0.3, -0.25) is 4.79 Å². The first-order valence-corrected chi connectivity index (χ1v) is 8.03. The van der Waals surface area contributed by atoms with E-state index in [4.69, 9.17) is 0 Å². The van der Waals surface area contributed by atoms with E-state index in [-0.39, 0.29) is 11.8 Å². The minimum absolute atomic E-state index is 0.0449. The zero-order valence-electron chi connectivity index (χ0n) is 13.8. The Kier molecular flexibility index (Phi) is 4.79. The quantitative estimate of drug-likeness (QED) is 0.866. The van der Waals surface area contributed by atoms with Crippen LogP contribution in [0, 0.1) is 17.8 Å². The fourth-order valence-electron chi connectivity index (χ4n) is 4.08. The molecule has 4 atom stereocenters. The van der Waals surface area contributed by atoms with Crippen LogP contribution in [0.5, 0.6) is 0 Å². The molecule has 0 unspecified atom stereocenters. The fourth-order valence-corrected chi connectivity index (χ4v) is 4.08. The summed E-state index contributed by atoms with van der Waals surface area (Å²) in [5.74, 6) is 1.19. The molecule has 1 saturated carbocycles. The summed E-state index contributed by atoms with van der Waals surface area (Å²) < 4.78 is 4.66. The zero-order chi connectivity index (χ0) is 15.7. The lowest BCUT2D eigenvalue weighted by Crippen LogP contribution is -2.57. The van der Waals surface area contributed by atoms with E-state index in [0.29, 0.717) is 23.9 Å². The average Bonchev–Trinajstić information content (AvgIpc) is 3.03. The predicted molar refractivity (Wildman–Crippen MR) is 80.8 cm³/mol. The van der Waals surface area contributed by atoms with Crippen molar-refractivity contribution in [3.63, 3.8) is 0 Å². The van der Waals surface area contributed by atoms with Crippen LogP contribution in [0.25, 0.3) is 0 Å². The normalized spacial score (nSPS) is 29.1. The first-order valence-electron chi connectivity index (χ1n) is 8.03. The summed E-state index contributed by atoms with van der Waals surface area (Å²) in [5, 5.41) is 2.71. The number of methoxy groups -OCH3 is 1. The Labute approximate surface area is 127 Å². The van der Waals surface area contributed by atoms with Gasteiger partial charge in [-0.05, 0) is 37.0 Å². The summed E-state index contributed by atoms with van der Waals surface area (Å²) in [6.45, 7) is 8.28. The van der Waals surface area contributed by atoms with Crippen LogP contribution in [-0.4, -0.2) is 42.1 Å². The summed E-state index contributed by atoms with van der Waals surface area (Å²) in [6, 6.07) is 0.172. The Morgan fingerprint density at radius 2 is 1.86 bits per heavy atom. The number of piperidine rings is 1. The third-order valence-corrected chi connectivity index (χ3v) is 4.97. The molecule has 2 fully saturated rings. The number of likely N-dealkylation sites (tertiary alicyclic amines) is 1. The first-order chi connectivity index (χ1) is 9.86. The molecule has 1 saturated heterocycles. The van der Waals surface area contributed by atoms with Crippen molar-refractivity contribution in [3.8, 4) is 0 Å². The van der Waals surface area contributed by atoms with Gasteiger partial charge in [-0.1, -0.05) is 27.7 Å². The lowest BCUT2D eigenvalue weighted by Gasteiger charge is -2.40. The Hall–Kier alpha value is -1.26. The number of rotatable bonds is 4. The van der Waals surface area contributed by atoms with Crippen LogP contribution in [0.3, 0.4) is 0 Å². The van der Waals surface area contributed by atoms with Gasteiger partial charge in [0.1, 0.15) is 6.04 Å². The molecule has 1 heterocycles. The maximum absolute atomic E-state index is 13.0. The number of nitrogens with zero attached hydrogens (tertiary/aromatic N) is 1. The van der Waals surface area contributed by atoms with Gasteiger partial charge < -0.3 is 15.0 Å². The van der Waals surface area contributed by atoms with Crippen molar-refractivity contribution >= 4 is 12.0 Å². The molecule has 5 nitrogen and oxygen atoms in total. The van der Waals surface area contributed by atoms with Gasteiger partial charge in [0.05, 0.1) is 7.11 Å². The van der Waals surface area contributed by atoms with E-state index in [1.807, 2.05) is 13.8 Å². The van der Waals surface area contributed by atoms with Crippen LogP contribution in [-0.2, 0) is 9.53 Å². The molecule has 1 aliphatic carbocycles.